The molecule has 2 N–H and O–H groups in total. The largest absolute Gasteiger partial charge is 0.416 e. The number of hydrogen-bond donors (Lipinski definition) is 2. The summed E-state index contributed by atoms with van der Waals surface area (Å²) in [6.07, 6.45) is -1.58. The highest BCUT2D eigenvalue weighted by molar-refractivity contribution is 5.88. The van der Waals surface area contributed by atoms with E-state index >= 15 is 0 Å². The number of hydrogen-bond acceptors (Lipinski definition) is 1. The summed E-state index contributed by atoms with van der Waals surface area (Å²) in [5.74, 6) is -1.11. The smallest absolute Gasteiger partial charge is 0.361 e. The van der Waals surface area contributed by atoms with Crippen molar-refractivity contribution in [2.75, 3.05) is 0 Å². The topological polar surface area (TPSA) is 44.9 Å². The number of nitrogens with one attached hydrogen (secondary N) is 2. The maximum Gasteiger partial charge on any atom is 0.416 e. The normalized spacial score (nSPS) is 13.2. The van der Waals surface area contributed by atoms with Crippen LogP contribution >= 0.6 is 0 Å². The first-order chi connectivity index (χ1) is 19.3. The highest BCUT2D eigenvalue weighted by Crippen LogP contribution is 2.41. The van der Waals surface area contributed by atoms with Gasteiger partial charge in [-0.1, -0.05) is 104 Å². The molecule has 1 heterocycles. The number of halogens is 3. The number of fused-ring (bicyclic) bond motifs is 1. The summed E-state index contributed by atoms with van der Waals surface area (Å²) < 4.78 is 42.6. The van der Waals surface area contributed by atoms with Gasteiger partial charge in [0, 0.05) is 29.4 Å². The van der Waals surface area contributed by atoms with E-state index in [-0.39, 0.29) is 23.9 Å². The Labute approximate surface area is 232 Å². The first-order valence-electron chi connectivity index (χ1n) is 13.5. The molecule has 4 aromatic carbocycles. The van der Waals surface area contributed by atoms with Crippen LogP contribution in [0, 0.1) is 0 Å². The fourth-order valence-corrected chi connectivity index (χ4v) is 5.49. The van der Waals surface area contributed by atoms with Gasteiger partial charge in [-0.15, -0.1) is 0 Å². The van der Waals surface area contributed by atoms with Crippen molar-refractivity contribution in [1.82, 2.24) is 10.3 Å². The first kappa shape index (κ1) is 27.3. The van der Waals surface area contributed by atoms with Crippen molar-refractivity contribution in [3.8, 4) is 0 Å². The van der Waals surface area contributed by atoms with Crippen LogP contribution in [0.4, 0.5) is 13.2 Å². The maximum absolute atomic E-state index is 14.2. The monoisotopic (exact) mass is 540 g/mol. The molecule has 2 unspecified atom stereocenters. The van der Waals surface area contributed by atoms with Gasteiger partial charge in [0.1, 0.15) is 0 Å². The maximum atomic E-state index is 14.2. The summed E-state index contributed by atoms with van der Waals surface area (Å²) in [7, 11) is 0. The number of H-pyrrole nitrogens is 1. The second-order valence-electron chi connectivity index (χ2n) is 10.00. The van der Waals surface area contributed by atoms with E-state index < -0.39 is 17.7 Å². The molecule has 0 fully saturated rings. The molecule has 3 nitrogen and oxygen atoms in total. The molecule has 204 valence electrons. The number of aromatic amines is 1. The second-order valence-corrected chi connectivity index (χ2v) is 10.00. The quantitative estimate of drug-likeness (QED) is 0.194. The van der Waals surface area contributed by atoms with Gasteiger partial charge < -0.3 is 10.3 Å². The van der Waals surface area contributed by atoms with Crippen molar-refractivity contribution >= 4 is 16.8 Å². The first-order valence-corrected chi connectivity index (χ1v) is 13.5. The minimum absolute atomic E-state index is 0.0901. The van der Waals surface area contributed by atoms with Crippen LogP contribution in [0.2, 0.25) is 0 Å². The molecule has 5 aromatic rings. The lowest BCUT2D eigenvalue weighted by molar-refractivity contribution is -0.138. The molecule has 5 rings (SSSR count). The molecule has 0 aliphatic carbocycles. The minimum Gasteiger partial charge on any atom is -0.361 e. The lowest BCUT2D eigenvalue weighted by Gasteiger charge is -2.24. The molecular weight excluding hydrogens is 509 g/mol. The number of benzene rings is 4. The number of alkyl halides is 3. The molecule has 6 heteroatoms. The highest BCUT2D eigenvalue weighted by Gasteiger charge is 2.36. The Morgan fingerprint density at radius 3 is 2.20 bits per heavy atom. The van der Waals surface area contributed by atoms with Crippen LogP contribution in [-0.4, -0.2) is 10.9 Å². The van der Waals surface area contributed by atoms with Gasteiger partial charge in [0.05, 0.1) is 11.6 Å². The van der Waals surface area contributed by atoms with E-state index in [9.17, 15) is 18.0 Å². The Bertz CT molecular complexity index is 1580. The molecule has 2 atom stereocenters. The number of aryl methyl sites for hydroxylation is 1. The van der Waals surface area contributed by atoms with Crippen molar-refractivity contribution in [1.29, 1.82) is 0 Å². The summed E-state index contributed by atoms with van der Waals surface area (Å²) in [4.78, 5) is 17.0. The predicted octanol–water partition coefficient (Wildman–Crippen LogP) is 8.37. The molecule has 0 radical (unpaired) electrons. The number of amides is 1. The van der Waals surface area contributed by atoms with Crippen LogP contribution in [0.3, 0.4) is 0 Å². The van der Waals surface area contributed by atoms with E-state index in [1.807, 2.05) is 85.8 Å². The van der Waals surface area contributed by atoms with Gasteiger partial charge in [-0.3, -0.25) is 4.79 Å². The zero-order valence-electron chi connectivity index (χ0n) is 22.2. The van der Waals surface area contributed by atoms with Crippen molar-refractivity contribution in [2.24, 2.45) is 0 Å². The van der Waals surface area contributed by atoms with E-state index in [1.165, 1.54) is 12.1 Å². The summed E-state index contributed by atoms with van der Waals surface area (Å²) in [5, 5.41) is 3.97. The molecule has 0 spiro atoms. The summed E-state index contributed by atoms with van der Waals surface area (Å²) in [6.45, 7) is 2.04. The summed E-state index contributed by atoms with van der Waals surface area (Å²) >= 11 is 0. The zero-order valence-corrected chi connectivity index (χ0v) is 22.2. The Morgan fingerprint density at radius 2 is 1.50 bits per heavy atom. The lowest BCUT2D eigenvalue weighted by atomic mass is 9.84. The fourth-order valence-electron chi connectivity index (χ4n) is 5.49. The molecule has 0 aliphatic heterocycles. The molecule has 40 heavy (non-hydrogen) atoms. The van der Waals surface area contributed by atoms with Crippen LogP contribution in [0.25, 0.3) is 10.9 Å². The fraction of sp³-hybridized carbons (Fsp3) is 0.206. The van der Waals surface area contributed by atoms with Gasteiger partial charge in [0.2, 0.25) is 5.91 Å². The number of aromatic nitrogens is 1. The number of carbonyl (C=O) groups is 1. The Kier molecular flexibility index (Phi) is 8.06. The molecule has 1 amide bonds. The van der Waals surface area contributed by atoms with Crippen molar-refractivity contribution < 1.29 is 18.0 Å². The average Bonchev–Trinajstić information content (AvgIpc) is 3.40. The number of para-hydroxylation sites is 1. The molecule has 1 aromatic heterocycles. The minimum atomic E-state index is -4.55. The van der Waals surface area contributed by atoms with Gasteiger partial charge in [0.15, 0.2) is 0 Å². The van der Waals surface area contributed by atoms with E-state index in [2.05, 4.69) is 10.3 Å². The standard InChI is InChI=1S/C34H31F3N2O/c1-2-24-16-11-18-27-29(22-38-33(24)27)28(26-17-9-10-19-30(26)34(35,36)37)21-32(40)39-31(25-14-7-4-8-15-25)20-23-12-5-3-6-13-23/h3-19,22,28,31,38H,2,20-21H2,1H3,(H,39,40). The van der Waals surface area contributed by atoms with Crippen LogP contribution in [0.5, 0.6) is 0 Å². The van der Waals surface area contributed by atoms with Crippen molar-refractivity contribution in [2.45, 2.75) is 44.3 Å². The van der Waals surface area contributed by atoms with Gasteiger partial charge in [-0.2, -0.15) is 13.2 Å². The Morgan fingerprint density at radius 1 is 0.825 bits per heavy atom. The Balaban J connectivity index is 1.53. The number of carbonyl (C=O) groups excluding carboxylic acids is 1. The van der Waals surface area contributed by atoms with Gasteiger partial charge >= 0.3 is 6.18 Å². The van der Waals surface area contributed by atoms with Crippen LogP contribution in [-0.2, 0) is 23.8 Å². The van der Waals surface area contributed by atoms with E-state index in [0.29, 0.717) is 12.0 Å². The van der Waals surface area contributed by atoms with Gasteiger partial charge in [-0.05, 0) is 46.7 Å². The third kappa shape index (κ3) is 5.96. The van der Waals surface area contributed by atoms with Crippen LogP contribution in [0.1, 0.15) is 58.7 Å². The van der Waals surface area contributed by atoms with Crippen LogP contribution < -0.4 is 5.32 Å². The third-order valence-corrected chi connectivity index (χ3v) is 7.44. The van der Waals surface area contributed by atoms with Crippen molar-refractivity contribution in [3.63, 3.8) is 0 Å². The lowest BCUT2D eigenvalue weighted by Crippen LogP contribution is -2.31. The van der Waals surface area contributed by atoms with Gasteiger partial charge in [0.25, 0.3) is 0 Å². The molecular formula is C34H31F3N2O. The molecule has 0 aliphatic rings. The second kappa shape index (κ2) is 11.8. The van der Waals surface area contributed by atoms with Crippen LogP contribution in [0.15, 0.2) is 109 Å². The van der Waals surface area contributed by atoms with Gasteiger partial charge in [-0.25, -0.2) is 0 Å². The third-order valence-electron chi connectivity index (χ3n) is 7.44. The molecule has 0 saturated carbocycles. The predicted molar refractivity (Wildman–Crippen MR) is 153 cm³/mol. The number of rotatable bonds is 9. The SMILES string of the molecule is CCc1cccc2c(C(CC(=O)NC(Cc3ccccc3)c3ccccc3)c3ccccc3C(F)(F)F)c[nH]c12. The van der Waals surface area contributed by atoms with E-state index in [1.54, 1.807) is 12.3 Å². The highest BCUT2D eigenvalue weighted by atomic mass is 19.4. The zero-order chi connectivity index (χ0) is 28.1. The van der Waals surface area contributed by atoms with Crippen molar-refractivity contribution in [3.05, 3.63) is 143 Å². The Hall–Kier alpha value is -4.32. The average molecular weight is 541 g/mol. The van der Waals surface area contributed by atoms with E-state index in [4.69, 9.17) is 0 Å². The summed E-state index contributed by atoms with van der Waals surface area (Å²) in [5.41, 5.74) is 4.00. The van der Waals surface area contributed by atoms with E-state index in [0.717, 1.165) is 40.1 Å². The summed E-state index contributed by atoms with van der Waals surface area (Å²) in [6, 6.07) is 30.6. The molecule has 0 bridgehead atoms. The molecule has 0 saturated heterocycles.